The van der Waals surface area contributed by atoms with Crippen molar-refractivity contribution in [3.05, 3.63) is 96.4 Å². The van der Waals surface area contributed by atoms with Gasteiger partial charge in [-0.1, -0.05) is 62.4 Å². The summed E-state index contributed by atoms with van der Waals surface area (Å²) in [6.07, 6.45) is -0.893. The third-order valence-corrected chi connectivity index (χ3v) is 6.76. The van der Waals surface area contributed by atoms with Gasteiger partial charge >= 0.3 is 5.97 Å². The zero-order valence-electron chi connectivity index (χ0n) is 23.2. The van der Waals surface area contributed by atoms with Gasteiger partial charge in [-0.3, -0.25) is 4.79 Å². The summed E-state index contributed by atoms with van der Waals surface area (Å²) in [5.74, 6) is -0.826. The highest BCUT2D eigenvalue weighted by Crippen LogP contribution is 2.47. The summed E-state index contributed by atoms with van der Waals surface area (Å²) in [5.41, 5.74) is 4.94. The van der Waals surface area contributed by atoms with E-state index in [0.29, 0.717) is 18.0 Å². The SMILES string of the molecule is CC(C)c1c(N=COc2ccccc2)c(-c2ccccc2)c(-c2ccc(F)cc2)n1CC[C@@H](O)C[C@@H](O)CC(=O)O. The minimum atomic E-state index is -1.15. The van der Waals surface area contributed by atoms with Crippen molar-refractivity contribution in [2.45, 2.75) is 57.8 Å². The summed E-state index contributed by atoms with van der Waals surface area (Å²) in [6.45, 7) is 4.47. The number of carboxylic acids is 1. The number of nitrogens with zero attached hydrogens (tertiary/aromatic N) is 2. The van der Waals surface area contributed by atoms with Gasteiger partial charge in [-0.05, 0) is 66.3 Å². The Hall–Kier alpha value is -4.27. The zero-order valence-corrected chi connectivity index (χ0v) is 23.2. The van der Waals surface area contributed by atoms with Gasteiger partial charge in [0.15, 0.2) is 6.40 Å². The molecule has 0 amide bonds. The van der Waals surface area contributed by atoms with Crippen LogP contribution in [0.5, 0.6) is 5.75 Å². The van der Waals surface area contributed by atoms with E-state index in [4.69, 9.17) is 14.8 Å². The molecule has 1 heterocycles. The van der Waals surface area contributed by atoms with Crippen LogP contribution in [0.4, 0.5) is 10.1 Å². The van der Waals surface area contributed by atoms with Gasteiger partial charge in [-0.25, -0.2) is 9.38 Å². The van der Waals surface area contributed by atoms with Crippen molar-refractivity contribution in [2.24, 2.45) is 4.99 Å². The number of aliphatic hydroxyl groups excluding tert-OH is 2. The lowest BCUT2D eigenvalue weighted by atomic mass is 9.98. The van der Waals surface area contributed by atoms with Gasteiger partial charge in [-0.15, -0.1) is 0 Å². The van der Waals surface area contributed by atoms with Crippen molar-refractivity contribution in [1.82, 2.24) is 4.57 Å². The van der Waals surface area contributed by atoms with E-state index in [-0.39, 0.29) is 24.6 Å². The number of halogens is 1. The van der Waals surface area contributed by atoms with E-state index in [1.807, 2.05) is 60.7 Å². The zero-order chi connectivity index (χ0) is 29.4. The molecule has 4 aromatic rings. The molecule has 0 aliphatic rings. The Morgan fingerprint density at radius 2 is 1.56 bits per heavy atom. The number of para-hydroxylation sites is 1. The summed E-state index contributed by atoms with van der Waals surface area (Å²) in [4.78, 5) is 15.8. The summed E-state index contributed by atoms with van der Waals surface area (Å²) >= 11 is 0. The second-order valence-corrected chi connectivity index (χ2v) is 10.2. The Labute approximate surface area is 239 Å². The summed E-state index contributed by atoms with van der Waals surface area (Å²) in [6, 6.07) is 25.4. The summed E-state index contributed by atoms with van der Waals surface area (Å²) < 4.78 is 21.9. The Morgan fingerprint density at radius 3 is 2.17 bits per heavy atom. The first-order valence-electron chi connectivity index (χ1n) is 13.6. The van der Waals surface area contributed by atoms with E-state index in [0.717, 1.165) is 28.1 Å². The van der Waals surface area contributed by atoms with E-state index in [1.165, 1.54) is 18.5 Å². The molecule has 3 aromatic carbocycles. The fourth-order valence-electron chi connectivity index (χ4n) is 4.99. The molecule has 214 valence electrons. The monoisotopic (exact) mass is 558 g/mol. The number of aliphatic imine (C=N–C) groups is 1. The number of hydrogen-bond acceptors (Lipinski definition) is 5. The normalized spacial score (nSPS) is 13.0. The molecule has 0 saturated heterocycles. The lowest BCUT2D eigenvalue weighted by Gasteiger charge is -2.19. The number of carbonyl (C=O) groups is 1. The van der Waals surface area contributed by atoms with Gasteiger partial charge in [0.1, 0.15) is 11.6 Å². The molecular weight excluding hydrogens is 523 g/mol. The Bertz CT molecular complexity index is 1450. The maximum absolute atomic E-state index is 14.0. The number of ether oxygens (including phenoxy) is 1. The Balaban J connectivity index is 1.84. The quantitative estimate of drug-likeness (QED) is 0.124. The molecule has 0 saturated carbocycles. The average Bonchev–Trinajstić information content (AvgIpc) is 3.27. The molecule has 0 bridgehead atoms. The largest absolute Gasteiger partial charge is 0.481 e. The van der Waals surface area contributed by atoms with E-state index in [9.17, 15) is 19.4 Å². The van der Waals surface area contributed by atoms with Crippen LogP contribution in [0.15, 0.2) is 89.9 Å². The van der Waals surface area contributed by atoms with Gasteiger partial charge in [0.2, 0.25) is 0 Å². The van der Waals surface area contributed by atoms with Gasteiger partial charge in [-0.2, -0.15) is 0 Å². The molecule has 7 nitrogen and oxygen atoms in total. The molecule has 0 aliphatic carbocycles. The number of aliphatic hydroxyl groups is 2. The highest BCUT2D eigenvalue weighted by molar-refractivity contribution is 5.93. The summed E-state index contributed by atoms with van der Waals surface area (Å²) in [7, 11) is 0. The molecule has 0 unspecified atom stereocenters. The molecule has 0 spiro atoms. The second-order valence-electron chi connectivity index (χ2n) is 10.2. The predicted molar refractivity (Wildman–Crippen MR) is 158 cm³/mol. The second kappa shape index (κ2) is 13.9. The first kappa shape index (κ1) is 29.7. The van der Waals surface area contributed by atoms with Gasteiger partial charge in [0.05, 0.1) is 30.0 Å². The fourth-order valence-corrected chi connectivity index (χ4v) is 4.99. The Morgan fingerprint density at radius 1 is 0.927 bits per heavy atom. The molecule has 1 aromatic heterocycles. The minimum Gasteiger partial charge on any atom is -0.481 e. The van der Waals surface area contributed by atoms with Crippen LogP contribution in [0.1, 0.15) is 44.7 Å². The van der Waals surface area contributed by atoms with Crippen molar-refractivity contribution >= 4 is 18.1 Å². The highest BCUT2D eigenvalue weighted by atomic mass is 19.1. The fraction of sp³-hybridized carbons (Fsp3) is 0.273. The molecule has 41 heavy (non-hydrogen) atoms. The van der Waals surface area contributed by atoms with Crippen molar-refractivity contribution in [2.75, 3.05) is 0 Å². The molecule has 4 rings (SSSR count). The molecule has 0 radical (unpaired) electrons. The third kappa shape index (κ3) is 7.68. The smallest absolute Gasteiger partial charge is 0.305 e. The van der Waals surface area contributed by atoms with Crippen molar-refractivity contribution < 1.29 is 29.2 Å². The number of benzene rings is 3. The summed E-state index contributed by atoms with van der Waals surface area (Å²) in [5, 5.41) is 29.7. The molecule has 3 N–H and O–H groups in total. The van der Waals surface area contributed by atoms with E-state index in [2.05, 4.69) is 18.4 Å². The van der Waals surface area contributed by atoms with Crippen LogP contribution in [-0.2, 0) is 11.3 Å². The third-order valence-electron chi connectivity index (χ3n) is 6.76. The number of carboxylic acid groups (broad SMARTS) is 1. The van der Waals surface area contributed by atoms with Gasteiger partial charge in [0.25, 0.3) is 0 Å². The highest BCUT2D eigenvalue weighted by Gasteiger charge is 2.27. The van der Waals surface area contributed by atoms with Crippen molar-refractivity contribution in [1.29, 1.82) is 0 Å². The van der Waals surface area contributed by atoms with E-state index < -0.39 is 24.6 Å². The van der Waals surface area contributed by atoms with Crippen LogP contribution in [0, 0.1) is 5.82 Å². The van der Waals surface area contributed by atoms with Gasteiger partial charge < -0.3 is 24.6 Å². The van der Waals surface area contributed by atoms with Crippen molar-refractivity contribution in [3.8, 4) is 28.1 Å². The van der Waals surface area contributed by atoms with Crippen LogP contribution in [0.25, 0.3) is 22.4 Å². The van der Waals surface area contributed by atoms with Crippen LogP contribution < -0.4 is 4.74 Å². The number of aliphatic carboxylic acids is 1. The average molecular weight is 559 g/mol. The lowest BCUT2D eigenvalue weighted by molar-refractivity contribution is -0.139. The molecule has 0 fully saturated rings. The van der Waals surface area contributed by atoms with Crippen LogP contribution in [0.3, 0.4) is 0 Å². The Kier molecular flexibility index (Phi) is 10.1. The van der Waals surface area contributed by atoms with Crippen LogP contribution >= 0.6 is 0 Å². The standard InChI is InChI=1S/C33H35FN2O5/c1-22(2)32-31(35-21-41-28-11-7-4-8-12-28)30(23-9-5-3-6-10-23)33(24-13-15-25(34)16-14-24)36(32)18-17-26(37)19-27(38)20-29(39)40/h3-16,21-22,26-27,37-38H,17-20H2,1-2H3,(H,39,40)/t26-,27-/m1/s1. The number of hydrogen-bond donors (Lipinski definition) is 3. The maximum atomic E-state index is 14.0. The first-order chi connectivity index (χ1) is 19.7. The van der Waals surface area contributed by atoms with Crippen molar-refractivity contribution in [3.63, 3.8) is 0 Å². The molecule has 8 heteroatoms. The van der Waals surface area contributed by atoms with Gasteiger partial charge in [0, 0.05) is 17.8 Å². The first-order valence-corrected chi connectivity index (χ1v) is 13.6. The molecular formula is C33H35FN2O5. The van der Waals surface area contributed by atoms with E-state index in [1.54, 1.807) is 12.1 Å². The topological polar surface area (TPSA) is 104 Å². The lowest BCUT2D eigenvalue weighted by Crippen LogP contribution is -2.22. The van der Waals surface area contributed by atoms with Crippen LogP contribution in [0.2, 0.25) is 0 Å². The molecule has 0 aliphatic heterocycles. The minimum absolute atomic E-state index is 0.00489. The maximum Gasteiger partial charge on any atom is 0.305 e. The predicted octanol–water partition coefficient (Wildman–Crippen LogP) is 6.80. The molecule has 2 atom stereocenters. The van der Waals surface area contributed by atoms with Crippen LogP contribution in [-0.4, -0.2) is 44.5 Å². The number of rotatable bonds is 13. The van der Waals surface area contributed by atoms with E-state index >= 15 is 0 Å². The number of aromatic nitrogens is 1.